The molecule has 2 atom stereocenters. The molecule has 1 heterocycles. The van der Waals surface area contributed by atoms with Crippen LogP contribution in [0.25, 0.3) is 0 Å². The molecule has 0 aliphatic carbocycles. The van der Waals surface area contributed by atoms with Gasteiger partial charge in [0.1, 0.15) is 0 Å². The number of piperazine rings is 1. The molecule has 14 heavy (non-hydrogen) atoms. The number of aliphatic hydroxyl groups is 1. The van der Waals surface area contributed by atoms with Crippen LogP contribution in [-0.2, 0) is 0 Å². The Morgan fingerprint density at radius 3 is 2.93 bits per heavy atom. The van der Waals surface area contributed by atoms with E-state index < -0.39 is 0 Å². The molecule has 0 amide bonds. The first-order chi connectivity index (χ1) is 6.75. The van der Waals surface area contributed by atoms with Gasteiger partial charge >= 0.3 is 0 Å². The quantitative estimate of drug-likeness (QED) is 0.645. The van der Waals surface area contributed by atoms with E-state index in [0.717, 1.165) is 26.2 Å². The molecule has 2 N–H and O–H groups in total. The van der Waals surface area contributed by atoms with E-state index in [1.165, 1.54) is 19.3 Å². The summed E-state index contributed by atoms with van der Waals surface area (Å²) in [4.78, 5) is 2.43. The molecule has 0 saturated carbocycles. The van der Waals surface area contributed by atoms with Crippen molar-refractivity contribution in [2.24, 2.45) is 0 Å². The summed E-state index contributed by atoms with van der Waals surface area (Å²) in [6.07, 6.45) is 3.62. The summed E-state index contributed by atoms with van der Waals surface area (Å²) in [7, 11) is 0. The molecule has 0 aromatic rings. The van der Waals surface area contributed by atoms with Gasteiger partial charge in [-0.3, -0.25) is 4.90 Å². The summed E-state index contributed by atoms with van der Waals surface area (Å²) >= 11 is 0. The Balaban J connectivity index is 2.30. The van der Waals surface area contributed by atoms with Crippen molar-refractivity contribution in [3.8, 4) is 0 Å². The van der Waals surface area contributed by atoms with Crippen LogP contribution in [0.5, 0.6) is 0 Å². The van der Waals surface area contributed by atoms with E-state index in [1.54, 1.807) is 0 Å². The number of nitrogens with zero attached hydrogens (tertiary/aromatic N) is 1. The second-order valence-electron chi connectivity index (χ2n) is 4.26. The summed E-state index contributed by atoms with van der Waals surface area (Å²) < 4.78 is 0. The first-order valence-corrected chi connectivity index (χ1v) is 5.88. The lowest BCUT2D eigenvalue weighted by atomic mass is 10.1. The number of hydrogen-bond donors (Lipinski definition) is 2. The fraction of sp³-hybridized carbons (Fsp3) is 1.00. The largest absolute Gasteiger partial charge is 0.392 e. The highest BCUT2D eigenvalue weighted by Gasteiger charge is 2.25. The Morgan fingerprint density at radius 2 is 2.29 bits per heavy atom. The Morgan fingerprint density at radius 1 is 1.50 bits per heavy atom. The Bertz CT molecular complexity index is 150. The van der Waals surface area contributed by atoms with Gasteiger partial charge in [0, 0.05) is 25.7 Å². The van der Waals surface area contributed by atoms with Gasteiger partial charge in [-0.2, -0.15) is 0 Å². The van der Waals surface area contributed by atoms with Crippen molar-refractivity contribution in [3.63, 3.8) is 0 Å². The summed E-state index contributed by atoms with van der Waals surface area (Å²) in [5.41, 5.74) is 0. The van der Waals surface area contributed by atoms with Crippen LogP contribution >= 0.6 is 0 Å². The highest BCUT2D eigenvalue weighted by atomic mass is 16.3. The molecule has 1 saturated heterocycles. The monoisotopic (exact) mass is 200 g/mol. The van der Waals surface area contributed by atoms with E-state index in [-0.39, 0.29) is 6.10 Å². The number of aliphatic hydroxyl groups excluding tert-OH is 1. The molecule has 1 fully saturated rings. The van der Waals surface area contributed by atoms with Crippen molar-refractivity contribution >= 4 is 0 Å². The Labute approximate surface area is 87.5 Å². The van der Waals surface area contributed by atoms with Gasteiger partial charge in [0.05, 0.1) is 6.10 Å². The van der Waals surface area contributed by atoms with E-state index in [4.69, 9.17) is 0 Å². The maximum atomic E-state index is 9.62. The zero-order valence-corrected chi connectivity index (χ0v) is 9.50. The minimum atomic E-state index is -0.218. The fourth-order valence-corrected chi connectivity index (χ4v) is 2.09. The molecule has 0 aromatic carbocycles. The van der Waals surface area contributed by atoms with Crippen molar-refractivity contribution in [1.29, 1.82) is 0 Å². The van der Waals surface area contributed by atoms with Gasteiger partial charge in [-0.15, -0.1) is 0 Å². The summed E-state index contributed by atoms with van der Waals surface area (Å²) in [6, 6.07) is 0.320. The van der Waals surface area contributed by atoms with Gasteiger partial charge in [0.15, 0.2) is 0 Å². The van der Waals surface area contributed by atoms with Crippen LogP contribution in [0.2, 0.25) is 0 Å². The molecule has 2 unspecified atom stereocenters. The van der Waals surface area contributed by atoms with E-state index in [1.807, 2.05) is 6.92 Å². The lowest BCUT2D eigenvalue weighted by Crippen LogP contribution is -2.55. The van der Waals surface area contributed by atoms with Crippen LogP contribution in [0, 0.1) is 0 Å². The minimum Gasteiger partial charge on any atom is -0.392 e. The number of unbranched alkanes of at least 4 members (excludes halogenated alkanes) is 2. The van der Waals surface area contributed by atoms with Crippen molar-refractivity contribution < 1.29 is 5.11 Å². The summed E-state index contributed by atoms with van der Waals surface area (Å²) in [5, 5.41) is 13.0. The van der Waals surface area contributed by atoms with Crippen LogP contribution in [0.15, 0.2) is 0 Å². The molecule has 84 valence electrons. The lowest BCUT2D eigenvalue weighted by molar-refractivity contribution is 0.0443. The zero-order chi connectivity index (χ0) is 10.4. The standard InChI is InChI=1S/C11H24N2O/c1-3-4-5-7-13-8-6-12-9-11(13)10(2)14/h10-12,14H,3-9H2,1-2H3. The molecule has 0 spiro atoms. The molecule has 1 aliphatic rings. The Kier molecular flexibility index (Phi) is 5.45. The third kappa shape index (κ3) is 3.56. The fourth-order valence-electron chi connectivity index (χ4n) is 2.09. The van der Waals surface area contributed by atoms with Crippen LogP contribution < -0.4 is 5.32 Å². The van der Waals surface area contributed by atoms with Gasteiger partial charge < -0.3 is 10.4 Å². The van der Waals surface area contributed by atoms with Crippen LogP contribution in [0.1, 0.15) is 33.1 Å². The van der Waals surface area contributed by atoms with Gasteiger partial charge in [-0.1, -0.05) is 19.8 Å². The third-order valence-corrected chi connectivity index (χ3v) is 3.00. The van der Waals surface area contributed by atoms with Crippen LogP contribution in [-0.4, -0.2) is 48.3 Å². The molecular weight excluding hydrogens is 176 g/mol. The normalized spacial score (nSPS) is 26.4. The number of hydrogen-bond acceptors (Lipinski definition) is 3. The van der Waals surface area contributed by atoms with E-state index in [2.05, 4.69) is 17.1 Å². The predicted molar refractivity (Wildman–Crippen MR) is 59.4 cm³/mol. The first kappa shape index (κ1) is 12.0. The van der Waals surface area contributed by atoms with Crippen LogP contribution in [0.3, 0.4) is 0 Å². The van der Waals surface area contributed by atoms with Gasteiger partial charge in [-0.25, -0.2) is 0 Å². The van der Waals surface area contributed by atoms with Crippen molar-refractivity contribution in [3.05, 3.63) is 0 Å². The molecule has 3 heteroatoms. The Hall–Kier alpha value is -0.120. The van der Waals surface area contributed by atoms with Gasteiger partial charge in [0.2, 0.25) is 0 Å². The SMILES string of the molecule is CCCCCN1CCNCC1C(C)O. The highest BCUT2D eigenvalue weighted by Crippen LogP contribution is 2.09. The van der Waals surface area contributed by atoms with Gasteiger partial charge in [0.25, 0.3) is 0 Å². The molecule has 0 bridgehead atoms. The average Bonchev–Trinajstić information content (AvgIpc) is 2.19. The smallest absolute Gasteiger partial charge is 0.0679 e. The number of nitrogens with one attached hydrogen (secondary N) is 1. The third-order valence-electron chi connectivity index (χ3n) is 3.00. The van der Waals surface area contributed by atoms with Crippen molar-refractivity contribution in [2.75, 3.05) is 26.2 Å². The molecule has 0 radical (unpaired) electrons. The van der Waals surface area contributed by atoms with E-state index in [9.17, 15) is 5.11 Å². The average molecular weight is 200 g/mol. The van der Waals surface area contributed by atoms with Crippen molar-refractivity contribution in [2.45, 2.75) is 45.3 Å². The van der Waals surface area contributed by atoms with Gasteiger partial charge in [-0.05, 0) is 19.9 Å². The maximum Gasteiger partial charge on any atom is 0.0679 e. The molecule has 3 nitrogen and oxygen atoms in total. The topological polar surface area (TPSA) is 35.5 Å². The molecule has 1 rings (SSSR count). The number of rotatable bonds is 5. The minimum absolute atomic E-state index is 0.218. The zero-order valence-electron chi connectivity index (χ0n) is 9.50. The predicted octanol–water partition coefficient (Wildman–Crippen LogP) is 0.831. The second-order valence-corrected chi connectivity index (χ2v) is 4.26. The highest BCUT2D eigenvalue weighted by molar-refractivity contribution is 4.83. The second kappa shape index (κ2) is 6.38. The first-order valence-electron chi connectivity index (χ1n) is 5.88. The van der Waals surface area contributed by atoms with E-state index in [0.29, 0.717) is 6.04 Å². The molecule has 1 aliphatic heterocycles. The molecule has 0 aromatic heterocycles. The summed E-state index contributed by atoms with van der Waals surface area (Å²) in [5.74, 6) is 0. The maximum absolute atomic E-state index is 9.62. The van der Waals surface area contributed by atoms with Crippen LogP contribution in [0.4, 0.5) is 0 Å². The summed E-state index contributed by atoms with van der Waals surface area (Å²) in [6.45, 7) is 8.35. The lowest BCUT2D eigenvalue weighted by Gasteiger charge is -2.37. The van der Waals surface area contributed by atoms with Crippen molar-refractivity contribution in [1.82, 2.24) is 10.2 Å². The van der Waals surface area contributed by atoms with E-state index >= 15 is 0 Å². The molecular formula is C11H24N2O.